The van der Waals surface area contributed by atoms with Gasteiger partial charge in [-0.25, -0.2) is 0 Å². The summed E-state index contributed by atoms with van der Waals surface area (Å²) in [6, 6.07) is 7.38. The molecule has 1 atom stereocenters. The van der Waals surface area contributed by atoms with Crippen LogP contribution in [0, 0.1) is 0 Å². The zero-order chi connectivity index (χ0) is 12.3. The van der Waals surface area contributed by atoms with E-state index < -0.39 is 0 Å². The number of halogens is 1. The van der Waals surface area contributed by atoms with Gasteiger partial charge in [-0.2, -0.15) is 0 Å². The average molecular weight is 299 g/mol. The molecule has 17 heavy (non-hydrogen) atoms. The summed E-state index contributed by atoms with van der Waals surface area (Å²) in [5.41, 5.74) is 6.25. The van der Waals surface area contributed by atoms with Crippen LogP contribution in [-0.4, -0.2) is 43.2 Å². The maximum Gasteiger partial charge on any atom is 0.254 e. The van der Waals surface area contributed by atoms with Crippen LogP contribution in [0.1, 0.15) is 10.4 Å². The highest BCUT2D eigenvalue weighted by Crippen LogP contribution is 2.14. The third kappa shape index (κ3) is 3.06. The summed E-state index contributed by atoms with van der Waals surface area (Å²) in [6.45, 7) is 2.21. The van der Waals surface area contributed by atoms with Crippen LogP contribution in [0.5, 0.6) is 0 Å². The number of ether oxygens (including phenoxy) is 1. The molecule has 4 nitrogen and oxygen atoms in total. The lowest BCUT2D eigenvalue weighted by Crippen LogP contribution is -2.48. The first-order chi connectivity index (χ1) is 8.20. The lowest BCUT2D eigenvalue weighted by Gasteiger charge is -2.32. The van der Waals surface area contributed by atoms with Gasteiger partial charge in [0.15, 0.2) is 0 Å². The molecular weight excluding hydrogens is 284 g/mol. The van der Waals surface area contributed by atoms with Crippen LogP contribution in [0.15, 0.2) is 28.7 Å². The van der Waals surface area contributed by atoms with Gasteiger partial charge in [-0.15, -0.1) is 0 Å². The second-order valence-corrected chi connectivity index (χ2v) is 4.90. The number of hydrogen-bond acceptors (Lipinski definition) is 3. The molecule has 1 amide bonds. The highest BCUT2D eigenvalue weighted by atomic mass is 79.9. The number of rotatable bonds is 2. The highest BCUT2D eigenvalue weighted by Gasteiger charge is 2.23. The van der Waals surface area contributed by atoms with E-state index in [2.05, 4.69) is 15.9 Å². The Hall–Kier alpha value is -0.910. The number of carbonyl (C=O) groups is 1. The average Bonchev–Trinajstić information content (AvgIpc) is 2.39. The monoisotopic (exact) mass is 298 g/mol. The van der Waals surface area contributed by atoms with Gasteiger partial charge >= 0.3 is 0 Å². The van der Waals surface area contributed by atoms with Crippen molar-refractivity contribution in [3.05, 3.63) is 34.3 Å². The maximum absolute atomic E-state index is 12.2. The first kappa shape index (κ1) is 12.5. The Morgan fingerprint density at radius 1 is 1.47 bits per heavy atom. The van der Waals surface area contributed by atoms with Crippen LogP contribution in [0.25, 0.3) is 0 Å². The van der Waals surface area contributed by atoms with Gasteiger partial charge in [0.1, 0.15) is 0 Å². The maximum atomic E-state index is 12.2. The molecule has 2 rings (SSSR count). The van der Waals surface area contributed by atoms with Gasteiger partial charge in [-0.1, -0.05) is 15.9 Å². The molecule has 0 bridgehead atoms. The second-order valence-electron chi connectivity index (χ2n) is 3.99. The zero-order valence-electron chi connectivity index (χ0n) is 9.43. The molecule has 1 aliphatic heterocycles. The minimum Gasteiger partial charge on any atom is -0.373 e. The molecule has 0 radical (unpaired) electrons. The Morgan fingerprint density at radius 2 is 2.18 bits per heavy atom. The van der Waals surface area contributed by atoms with E-state index in [4.69, 9.17) is 10.5 Å². The first-order valence-electron chi connectivity index (χ1n) is 5.57. The molecular formula is C12H15BrN2O2. The summed E-state index contributed by atoms with van der Waals surface area (Å²) < 4.78 is 6.40. The predicted molar refractivity (Wildman–Crippen MR) is 68.8 cm³/mol. The first-order valence-corrected chi connectivity index (χ1v) is 6.36. The van der Waals surface area contributed by atoms with Crippen LogP contribution in [-0.2, 0) is 4.74 Å². The van der Waals surface area contributed by atoms with Gasteiger partial charge in [0, 0.05) is 29.7 Å². The third-order valence-corrected chi connectivity index (χ3v) is 3.31. The van der Waals surface area contributed by atoms with Crippen LogP contribution >= 0.6 is 15.9 Å². The molecule has 1 aromatic rings. The molecule has 2 N–H and O–H groups in total. The molecule has 1 aliphatic rings. The number of nitrogens with zero attached hydrogens (tertiary/aromatic N) is 1. The molecule has 0 saturated carbocycles. The van der Waals surface area contributed by atoms with Crippen molar-refractivity contribution in [2.75, 3.05) is 26.2 Å². The SMILES string of the molecule is NCC1CN(C(=O)c2ccc(Br)cc2)CCO1. The molecule has 0 aliphatic carbocycles. The second kappa shape index (κ2) is 5.62. The van der Waals surface area contributed by atoms with Crippen molar-refractivity contribution in [2.45, 2.75) is 6.10 Å². The molecule has 1 unspecified atom stereocenters. The van der Waals surface area contributed by atoms with Crippen LogP contribution in [0.3, 0.4) is 0 Å². The van der Waals surface area contributed by atoms with Gasteiger partial charge in [0.25, 0.3) is 5.91 Å². The lowest BCUT2D eigenvalue weighted by atomic mass is 10.1. The van der Waals surface area contributed by atoms with E-state index in [1.807, 2.05) is 24.3 Å². The van der Waals surface area contributed by atoms with E-state index >= 15 is 0 Å². The largest absolute Gasteiger partial charge is 0.373 e. The normalized spacial score (nSPS) is 20.4. The van der Waals surface area contributed by atoms with Gasteiger partial charge in [0.05, 0.1) is 12.7 Å². The fraction of sp³-hybridized carbons (Fsp3) is 0.417. The predicted octanol–water partition coefficient (Wildman–Crippen LogP) is 1.25. The van der Waals surface area contributed by atoms with Gasteiger partial charge in [0.2, 0.25) is 0 Å². The van der Waals surface area contributed by atoms with Crippen molar-refractivity contribution in [1.29, 1.82) is 0 Å². The lowest BCUT2D eigenvalue weighted by molar-refractivity contribution is -0.0167. The quantitative estimate of drug-likeness (QED) is 0.894. The van der Waals surface area contributed by atoms with E-state index in [1.165, 1.54) is 0 Å². The Kier molecular flexibility index (Phi) is 4.15. The highest BCUT2D eigenvalue weighted by molar-refractivity contribution is 9.10. The summed E-state index contributed by atoms with van der Waals surface area (Å²) in [7, 11) is 0. The number of carbonyl (C=O) groups excluding carboxylic acids is 1. The molecule has 1 aromatic carbocycles. The zero-order valence-corrected chi connectivity index (χ0v) is 11.0. The van der Waals surface area contributed by atoms with Gasteiger partial charge < -0.3 is 15.4 Å². The Balaban J connectivity index is 2.06. The fourth-order valence-corrected chi connectivity index (χ4v) is 2.09. The minimum absolute atomic E-state index is 0.0388. The van der Waals surface area contributed by atoms with Crippen molar-refractivity contribution < 1.29 is 9.53 Å². The van der Waals surface area contributed by atoms with Crippen molar-refractivity contribution in [3.63, 3.8) is 0 Å². The van der Waals surface area contributed by atoms with Crippen molar-refractivity contribution in [1.82, 2.24) is 4.90 Å². The summed E-state index contributed by atoms with van der Waals surface area (Å²) in [5, 5.41) is 0. The van der Waals surface area contributed by atoms with Gasteiger partial charge in [-0.05, 0) is 24.3 Å². The molecule has 0 spiro atoms. The Morgan fingerprint density at radius 3 is 2.82 bits per heavy atom. The van der Waals surface area contributed by atoms with Crippen LogP contribution < -0.4 is 5.73 Å². The summed E-state index contributed by atoms with van der Waals surface area (Å²) in [5.74, 6) is 0.0410. The molecule has 1 heterocycles. The molecule has 1 fully saturated rings. The van der Waals surface area contributed by atoms with E-state index in [0.29, 0.717) is 31.8 Å². The van der Waals surface area contributed by atoms with Crippen molar-refractivity contribution in [2.24, 2.45) is 5.73 Å². The van der Waals surface area contributed by atoms with Crippen LogP contribution in [0.2, 0.25) is 0 Å². The van der Waals surface area contributed by atoms with Gasteiger partial charge in [-0.3, -0.25) is 4.79 Å². The smallest absolute Gasteiger partial charge is 0.254 e. The van der Waals surface area contributed by atoms with E-state index in [9.17, 15) is 4.79 Å². The number of morpholine rings is 1. The van der Waals surface area contributed by atoms with Crippen LogP contribution in [0.4, 0.5) is 0 Å². The molecule has 5 heteroatoms. The standard InChI is InChI=1S/C12H15BrN2O2/c13-10-3-1-9(2-4-10)12(16)15-5-6-17-11(7-14)8-15/h1-4,11H,5-8,14H2. The minimum atomic E-state index is -0.0388. The Labute approximate surface area is 109 Å². The molecule has 1 saturated heterocycles. The van der Waals surface area contributed by atoms with E-state index in [0.717, 1.165) is 4.47 Å². The number of hydrogen-bond donors (Lipinski definition) is 1. The van der Waals surface area contributed by atoms with Crippen molar-refractivity contribution in [3.8, 4) is 0 Å². The summed E-state index contributed by atoms with van der Waals surface area (Å²) >= 11 is 3.35. The number of nitrogens with two attached hydrogens (primary N) is 1. The van der Waals surface area contributed by atoms with E-state index in [-0.39, 0.29) is 12.0 Å². The molecule has 0 aromatic heterocycles. The van der Waals surface area contributed by atoms with Crippen molar-refractivity contribution >= 4 is 21.8 Å². The summed E-state index contributed by atoms with van der Waals surface area (Å²) in [6.07, 6.45) is -0.0388. The number of amides is 1. The topological polar surface area (TPSA) is 55.6 Å². The van der Waals surface area contributed by atoms with E-state index in [1.54, 1.807) is 4.90 Å². The summed E-state index contributed by atoms with van der Waals surface area (Å²) in [4.78, 5) is 14.0. The number of benzene rings is 1. The third-order valence-electron chi connectivity index (χ3n) is 2.78. The Bertz CT molecular complexity index is 394. The molecule has 92 valence electrons. The fourth-order valence-electron chi connectivity index (χ4n) is 1.82.